The Hall–Kier alpha value is -3.63. The van der Waals surface area contributed by atoms with E-state index < -0.39 is 11.9 Å². The maximum absolute atomic E-state index is 12.2. The number of anilines is 1. The van der Waals surface area contributed by atoms with Crippen molar-refractivity contribution in [1.82, 2.24) is 14.8 Å². The maximum Gasteiger partial charge on any atom is 0.248 e. The fraction of sp³-hybridized carbons (Fsp3) is 0.100. The van der Waals surface area contributed by atoms with Crippen LogP contribution in [0.15, 0.2) is 59.8 Å². The minimum absolute atomic E-state index is 0.382. The molecular weight excluding hydrogens is 376 g/mol. The Kier molecular flexibility index (Phi) is 4.34. The number of nitrogens with zero attached hydrogens (tertiary/aromatic N) is 4. The van der Waals surface area contributed by atoms with Crippen LogP contribution in [0, 0.1) is 11.3 Å². The molecule has 1 aliphatic rings. The van der Waals surface area contributed by atoms with Crippen LogP contribution in [0.3, 0.4) is 0 Å². The van der Waals surface area contributed by atoms with Gasteiger partial charge in [0, 0.05) is 11.3 Å². The van der Waals surface area contributed by atoms with Gasteiger partial charge in [0.05, 0.1) is 22.2 Å². The second-order valence-corrected chi connectivity index (χ2v) is 6.75. The number of nitriles is 1. The molecule has 3 aromatic rings. The van der Waals surface area contributed by atoms with Crippen LogP contribution in [0.2, 0.25) is 5.02 Å². The first-order valence-electron chi connectivity index (χ1n) is 8.48. The summed E-state index contributed by atoms with van der Waals surface area (Å²) in [6, 6.07) is 15.7. The summed E-state index contributed by atoms with van der Waals surface area (Å²) in [4.78, 5) is 16.8. The van der Waals surface area contributed by atoms with Gasteiger partial charge in [-0.1, -0.05) is 35.9 Å². The smallest absolute Gasteiger partial charge is 0.248 e. The molecule has 0 spiro atoms. The summed E-state index contributed by atoms with van der Waals surface area (Å²) in [5.74, 6) is 0.358. The summed E-state index contributed by atoms with van der Waals surface area (Å²) < 4.78 is 1.62. The molecule has 1 aromatic heterocycles. The van der Waals surface area contributed by atoms with Crippen LogP contribution in [-0.4, -0.2) is 20.7 Å². The minimum atomic E-state index is -0.565. The van der Waals surface area contributed by atoms with E-state index >= 15 is 0 Å². The number of nitrogens with two attached hydrogens (primary N) is 1. The first-order chi connectivity index (χ1) is 13.5. The van der Waals surface area contributed by atoms with Crippen molar-refractivity contribution in [2.75, 3.05) is 5.32 Å². The lowest BCUT2D eigenvalue weighted by molar-refractivity contribution is -0.115. The number of benzene rings is 2. The highest BCUT2D eigenvalue weighted by Crippen LogP contribution is 2.36. The van der Waals surface area contributed by atoms with E-state index in [2.05, 4.69) is 21.5 Å². The van der Waals surface area contributed by atoms with E-state index in [0.717, 1.165) is 5.56 Å². The number of primary amides is 1. The van der Waals surface area contributed by atoms with E-state index in [-0.39, 0.29) is 0 Å². The minimum Gasteiger partial charge on any atom is -0.366 e. The van der Waals surface area contributed by atoms with Gasteiger partial charge in [0.1, 0.15) is 6.04 Å². The molecule has 1 aliphatic heterocycles. The molecule has 1 atom stereocenters. The van der Waals surface area contributed by atoms with Gasteiger partial charge in [-0.25, -0.2) is 4.68 Å². The van der Waals surface area contributed by atoms with Gasteiger partial charge in [-0.2, -0.15) is 10.2 Å². The fourth-order valence-electron chi connectivity index (χ4n) is 3.27. The van der Waals surface area contributed by atoms with Gasteiger partial charge in [-0.05, 0) is 36.8 Å². The third kappa shape index (κ3) is 2.90. The topological polar surface area (TPSA) is 110 Å². The zero-order chi connectivity index (χ0) is 19.8. The Morgan fingerprint density at radius 2 is 1.96 bits per heavy atom. The highest BCUT2D eigenvalue weighted by molar-refractivity contribution is 6.33. The molecule has 7 nitrogen and oxygen atoms in total. The van der Waals surface area contributed by atoms with Gasteiger partial charge in [0.2, 0.25) is 11.9 Å². The summed E-state index contributed by atoms with van der Waals surface area (Å²) in [7, 11) is 0. The molecule has 0 aliphatic carbocycles. The molecule has 0 bridgehead atoms. The maximum atomic E-state index is 12.2. The Bertz CT molecular complexity index is 1160. The fourth-order valence-corrected chi connectivity index (χ4v) is 3.50. The molecule has 4 rings (SSSR count). The SMILES string of the molecule is CC1=C(C(N)=O)C(c2ccc(C#N)cc2)n2nc(-c3ccccc3Cl)nc2N1. The Labute approximate surface area is 166 Å². The zero-order valence-electron chi connectivity index (χ0n) is 14.8. The Balaban J connectivity index is 1.89. The van der Waals surface area contributed by atoms with E-state index in [1.54, 1.807) is 41.9 Å². The number of carbonyl (C=O) groups excluding carboxylic acids is 1. The Morgan fingerprint density at radius 1 is 1.25 bits per heavy atom. The first-order valence-corrected chi connectivity index (χ1v) is 8.86. The number of allylic oxidation sites excluding steroid dienone is 1. The van der Waals surface area contributed by atoms with Crippen molar-refractivity contribution in [1.29, 1.82) is 5.26 Å². The normalized spacial score (nSPS) is 15.5. The van der Waals surface area contributed by atoms with Crippen LogP contribution in [0.4, 0.5) is 5.95 Å². The number of rotatable bonds is 3. The van der Waals surface area contributed by atoms with E-state index in [1.165, 1.54) is 0 Å². The zero-order valence-corrected chi connectivity index (χ0v) is 15.6. The average Bonchev–Trinajstić information content (AvgIpc) is 3.10. The van der Waals surface area contributed by atoms with Crippen molar-refractivity contribution in [3.8, 4) is 17.5 Å². The average molecular weight is 391 g/mol. The van der Waals surface area contributed by atoms with Crippen molar-refractivity contribution in [3.05, 3.63) is 76.0 Å². The quantitative estimate of drug-likeness (QED) is 0.713. The number of hydrogen-bond donors (Lipinski definition) is 2. The second kappa shape index (κ2) is 6.83. The summed E-state index contributed by atoms with van der Waals surface area (Å²) in [5, 5.41) is 17.3. The van der Waals surface area contributed by atoms with Crippen LogP contribution >= 0.6 is 11.6 Å². The van der Waals surface area contributed by atoms with Gasteiger partial charge >= 0.3 is 0 Å². The summed E-state index contributed by atoms with van der Waals surface area (Å²) in [5.41, 5.74) is 8.63. The van der Waals surface area contributed by atoms with Crippen molar-refractivity contribution >= 4 is 23.5 Å². The van der Waals surface area contributed by atoms with Gasteiger partial charge < -0.3 is 11.1 Å². The number of nitrogens with one attached hydrogen (secondary N) is 1. The lowest BCUT2D eigenvalue weighted by atomic mass is 9.95. The van der Waals surface area contributed by atoms with Crippen molar-refractivity contribution in [3.63, 3.8) is 0 Å². The van der Waals surface area contributed by atoms with Gasteiger partial charge in [-0.15, -0.1) is 5.10 Å². The van der Waals surface area contributed by atoms with E-state index in [4.69, 9.17) is 22.6 Å². The monoisotopic (exact) mass is 390 g/mol. The molecule has 3 N–H and O–H groups in total. The highest BCUT2D eigenvalue weighted by Gasteiger charge is 2.33. The van der Waals surface area contributed by atoms with Crippen molar-refractivity contribution < 1.29 is 4.79 Å². The number of carbonyl (C=O) groups is 1. The first kappa shape index (κ1) is 17.8. The van der Waals surface area contributed by atoms with Crippen LogP contribution < -0.4 is 11.1 Å². The highest BCUT2D eigenvalue weighted by atomic mass is 35.5. The molecule has 0 radical (unpaired) electrons. The van der Waals surface area contributed by atoms with E-state index in [9.17, 15) is 4.79 Å². The van der Waals surface area contributed by atoms with E-state index in [1.807, 2.05) is 18.2 Å². The molecular formula is C20H15ClN6O. The molecule has 0 saturated heterocycles. The number of aromatic nitrogens is 3. The molecule has 2 aromatic carbocycles. The number of halogens is 1. The molecule has 1 unspecified atom stereocenters. The predicted molar refractivity (Wildman–Crippen MR) is 105 cm³/mol. The predicted octanol–water partition coefficient (Wildman–Crippen LogP) is 3.24. The second-order valence-electron chi connectivity index (χ2n) is 6.35. The molecule has 0 saturated carbocycles. The van der Waals surface area contributed by atoms with Crippen molar-refractivity contribution in [2.45, 2.75) is 13.0 Å². The molecule has 0 fully saturated rings. The summed E-state index contributed by atoms with van der Waals surface area (Å²) in [6.07, 6.45) is 0. The van der Waals surface area contributed by atoms with Crippen LogP contribution in [-0.2, 0) is 4.79 Å². The van der Waals surface area contributed by atoms with Gasteiger partial charge in [0.25, 0.3) is 0 Å². The van der Waals surface area contributed by atoms with Crippen molar-refractivity contribution in [2.24, 2.45) is 5.73 Å². The van der Waals surface area contributed by atoms with Crippen LogP contribution in [0.25, 0.3) is 11.4 Å². The lowest BCUT2D eigenvalue weighted by Gasteiger charge is -2.27. The molecule has 28 heavy (non-hydrogen) atoms. The lowest BCUT2D eigenvalue weighted by Crippen LogP contribution is -2.31. The molecule has 8 heteroatoms. The number of hydrogen-bond acceptors (Lipinski definition) is 5. The molecule has 2 heterocycles. The largest absolute Gasteiger partial charge is 0.366 e. The Morgan fingerprint density at radius 3 is 2.61 bits per heavy atom. The summed E-state index contributed by atoms with van der Waals surface area (Å²) in [6.45, 7) is 1.77. The van der Waals surface area contributed by atoms with Crippen LogP contribution in [0.5, 0.6) is 0 Å². The molecule has 138 valence electrons. The third-order valence-electron chi connectivity index (χ3n) is 4.59. The third-order valence-corrected chi connectivity index (χ3v) is 4.92. The van der Waals surface area contributed by atoms with Crippen LogP contribution in [0.1, 0.15) is 24.1 Å². The standard InChI is InChI=1S/C20H15ClN6O/c1-11-16(18(23)28)17(13-8-6-12(10-22)7-9-13)27-20(24-11)25-19(26-27)14-4-2-3-5-15(14)21/h2-9,17H,1H3,(H2,23,28)(H,24,25,26). The van der Waals surface area contributed by atoms with E-state index in [0.29, 0.717) is 39.2 Å². The van der Waals surface area contributed by atoms with Gasteiger partial charge in [-0.3, -0.25) is 4.79 Å². The van der Waals surface area contributed by atoms with Gasteiger partial charge in [0.15, 0.2) is 5.82 Å². The molecule has 1 amide bonds. The number of fused-ring (bicyclic) bond motifs is 1. The number of amides is 1. The summed E-state index contributed by atoms with van der Waals surface area (Å²) >= 11 is 6.29.